The van der Waals surface area contributed by atoms with Crippen molar-refractivity contribution in [2.75, 3.05) is 11.0 Å². The van der Waals surface area contributed by atoms with Gasteiger partial charge in [0.25, 0.3) is 0 Å². The highest BCUT2D eigenvalue weighted by Gasteiger charge is 2.22. The Balaban J connectivity index is 2.25. The van der Waals surface area contributed by atoms with Crippen LogP contribution in [0.4, 0.5) is 11.4 Å². The van der Waals surface area contributed by atoms with Crippen molar-refractivity contribution < 1.29 is 18.1 Å². The van der Waals surface area contributed by atoms with Crippen LogP contribution in [0.25, 0.3) is 0 Å². The topological polar surface area (TPSA) is 98.5 Å². The zero-order valence-electron chi connectivity index (χ0n) is 11.7. The van der Waals surface area contributed by atoms with Gasteiger partial charge in [0, 0.05) is 12.1 Å². The maximum Gasteiger partial charge on any atom is 0.311 e. The van der Waals surface area contributed by atoms with Crippen molar-refractivity contribution in [1.82, 2.24) is 0 Å². The molecule has 0 spiro atoms. The molecule has 0 unspecified atom stereocenters. The molecule has 8 heteroatoms. The van der Waals surface area contributed by atoms with Crippen LogP contribution in [-0.2, 0) is 10.0 Å². The average molecular weight is 314 g/mol. The number of nitro benzene ring substituents is 1. The van der Waals surface area contributed by atoms with E-state index in [0.717, 1.165) is 38.4 Å². The largest absolute Gasteiger partial charge is 0.483 e. The van der Waals surface area contributed by atoms with Crippen LogP contribution in [0.5, 0.6) is 5.75 Å². The fourth-order valence-corrected chi connectivity index (χ4v) is 2.95. The molecule has 0 radical (unpaired) electrons. The van der Waals surface area contributed by atoms with Gasteiger partial charge in [0.1, 0.15) is 0 Å². The zero-order valence-corrected chi connectivity index (χ0v) is 12.6. The first-order valence-electron chi connectivity index (χ1n) is 6.78. The molecule has 0 aromatic heterocycles. The van der Waals surface area contributed by atoms with E-state index >= 15 is 0 Å². The van der Waals surface area contributed by atoms with Crippen LogP contribution in [0.15, 0.2) is 18.2 Å². The molecule has 0 atom stereocenters. The number of anilines is 1. The molecule has 1 fully saturated rings. The molecule has 7 nitrogen and oxygen atoms in total. The highest BCUT2D eigenvalue weighted by atomic mass is 32.2. The third kappa shape index (κ3) is 4.59. The van der Waals surface area contributed by atoms with E-state index in [0.29, 0.717) is 0 Å². The molecule has 21 heavy (non-hydrogen) atoms. The molecule has 0 aliphatic heterocycles. The van der Waals surface area contributed by atoms with Crippen LogP contribution in [0.2, 0.25) is 0 Å². The van der Waals surface area contributed by atoms with E-state index in [9.17, 15) is 18.5 Å². The van der Waals surface area contributed by atoms with Gasteiger partial charge in [0.15, 0.2) is 5.75 Å². The predicted molar refractivity (Wildman–Crippen MR) is 79.1 cm³/mol. The van der Waals surface area contributed by atoms with Crippen molar-refractivity contribution in [2.45, 2.75) is 38.2 Å². The summed E-state index contributed by atoms with van der Waals surface area (Å²) < 4.78 is 30.5. The summed E-state index contributed by atoms with van der Waals surface area (Å²) >= 11 is 0. The fraction of sp³-hybridized carbons (Fsp3) is 0.538. The number of hydrogen-bond acceptors (Lipinski definition) is 5. The minimum Gasteiger partial charge on any atom is -0.483 e. The standard InChI is InChI=1S/C13H18N2O5S/c1-21(18,19)14-10-7-8-12(15(16)17)13(9-10)20-11-5-3-2-4-6-11/h7-9,11,14H,2-6H2,1H3. The van der Waals surface area contributed by atoms with Crippen molar-refractivity contribution in [3.05, 3.63) is 28.3 Å². The zero-order chi connectivity index (χ0) is 15.5. The van der Waals surface area contributed by atoms with Gasteiger partial charge in [-0.3, -0.25) is 14.8 Å². The van der Waals surface area contributed by atoms with E-state index in [1.54, 1.807) is 0 Å². The highest BCUT2D eigenvalue weighted by molar-refractivity contribution is 7.92. The summed E-state index contributed by atoms with van der Waals surface area (Å²) in [6.45, 7) is 0. The molecule has 1 aliphatic carbocycles. The summed E-state index contributed by atoms with van der Waals surface area (Å²) in [6.07, 6.45) is 5.93. The Kier molecular flexibility index (Phi) is 4.66. The number of rotatable bonds is 5. The molecule has 1 N–H and O–H groups in total. The number of nitrogens with zero attached hydrogens (tertiary/aromatic N) is 1. The van der Waals surface area contributed by atoms with Crippen LogP contribution >= 0.6 is 0 Å². The van der Waals surface area contributed by atoms with E-state index in [1.807, 2.05) is 0 Å². The number of hydrogen-bond donors (Lipinski definition) is 1. The summed E-state index contributed by atoms with van der Waals surface area (Å²) in [5.74, 6) is 0.112. The quantitative estimate of drug-likeness (QED) is 0.665. The molecule has 0 bridgehead atoms. The van der Waals surface area contributed by atoms with E-state index in [4.69, 9.17) is 4.74 Å². The Morgan fingerprint density at radius 3 is 2.52 bits per heavy atom. The molecular formula is C13H18N2O5S. The SMILES string of the molecule is CS(=O)(=O)Nc1ccc([N+](=O)[O-])c(OC2CCCCC2)c1. The summed E-state index contributed by atoms with van der Waals surface area (Å²) in [4.78, 5) is 10.5. The van der Waals surface area contributed by atoms with Crippen LogP contribution in [0, 0.1) is 10.1 Å². The summed E-state index contributed by atoms with van der Waals surface area (Å²) in [5.41, 5.74) is 0.105. The van der Waals surface area contributed by atoms with E-state index < -0.39 is 14.9 Å². The molecule has 2 rings (SSSR count). The minimum atomic E-state index is -3.44. The first-order chi connectivity index (χ1) is 9.85. The lowest BCUT2D eigenvalue weighted by atomic mass is 9.98. The maximum absolute atomic E-state index is 11.2. The Labute approximate surface area is 123 Å². The fourth-order valence-electron chi connectivity index (χ4n) is 2.40. The Hall–Kier alpha value is -1.83. The van der Waals surface area contributed by atoms with Crippen molar-refractivity contribution in [3.8, 4) is 5.75 Å². The van der Waals surface area contributed by atoms with Crippen LogP contribution < -0.4 is 9.46 Å². The van der Waals surface area contributed by atoms with E-state index in [1.165, 1.54) is 18.2 Å². The smallest absolute Gasteiger partial charge is 0.311 e. The number of sulfonamides is 1. The molecule has 1 aromatic rings. The Morgan fingerprint density at radius 1 is 1.29 bits per heavy atom. The third-order valence-corrected chi connectivity index (χ3v) is 3.91. The first kappa shape index (κ1) is 15.6. The van der Waals surface area contributed by atoms with Crippen molar-refractivity contribution in [2.24, 2.45) is 0 Å². The lowest BCUT2D eigenvalue weighted by molar-refractivity contribution is -0.386. The second kappa shape index (κ2) is 6.30. The second-order valence-electron chi connectivity index (χ2n) is 5.19. The highest BCUT2D eigenvalue weighted by Crippen LogP contribution is 2.33. The van der Waals surface area contributed by atoms with Gasteiger partial charge in [-0.1, -0.05) is 6.42 Å². The van der Waals surface area contributed by atoms with Gasteiger partial charge in [-0.25, -0.2) is 8.42 Å². The van der Waals surface area contributed by atoms with Gasteiger partial charge in [0.05, 0.1) is 23.0 Å². The second-order valence-corrected chi connectivity index (χ2v) is 6.94. The van der Waals surface area contributed by atoms with E-state index in [-0.39, 0.29) is 23.2 Å². The van der Waals surface area contributed by atoms with Crippen molar-refractivity contribution in [1.29, 1.82) is 0 Å². The van der Waals surface area contributed by atoms with E-state index in [2.05, 4.69) is 4.72 Å². The van der Waals surface area contributed by atoms with Crippen LogP contribution in [0.3, 0.4) is 0 Å². The number of nitrogens with one attached hydrogen (secondary N) is 1. The molecule has 0 saturated heterocycles. The van der Waals surface area contributed by atoms with Crippen molar-refractivity contribution in [3.63, 3.8) is 0 Å². The van der Waals surface area contributed by atoms with Crippen LogP contribution in [-0.4, -0.2) is 25.7 Å². The summed E-state index contributed by atoms with van der Waals surface area (Å²) in [5, 5.41) is 11.0. The Bertz CT molecular complexity index is 623. The van der Waals surface area contributed by atoms with Gasteiger partial charge >= 0.3 is 5.69 Å². The number of nitro groups is 1. The molecule has 1 saturated carbocycles. The van der Waals surface area contributed by atoms with Gasteiger partial charge < -0.3 is 4.74 Å². The molecule has 1 aliphatic rings. The third-order valence-electron chi connectivity index (χ3n) is 3.31. The number of ether oxygens (including phenoxy) is 1. The summed E-state index contributed by atoms with van der Waals surface area (Å²) in [7, 11) is -3.44. The lowest BCUT2D eigenvalue weighted by Gasteiger charge is -2.23. The van der Waals surface area contributed by atoms with Gasteiger partial charge in [-0.05, 0) is 31.7 Å². The van der Waals surface area contributed by atoms with Gasteiger partial charge in [0.2, 0.25) is 10.0 Å². The molecule has 0 heterocycles. The molecule has 0 amide bonds. The first-order valence-corrected chi connectivity index (χ1v) is 8.67. The monoisotopic (exact) mass is 314 g/mol. The number of benzene rings is 1. The lowest BCUT2D eigenvalue weighted by Crippen LogP contribution is -2.20. The molecule has 116 valence electrons. The molecular weight excluding hydrogens is 296 g/mol. The van der Waals surface area contributed by atoms with Gasteiger partial charge in [-0.2, -0.15) is 0 Å². The maximum atomic E-state index is 11.2. The van der Waals surface area contributed by atoms with Gasteiger partial charge in [-0.15, -0.1) is 0 Å². The average Bonchev–Trinajstić information content (AvgIpc) is 2.37. The summed E-state index contributed by atoms with van der Waals surface area (Å²) in [6, 6.07) is 3.98. The molecule has 1 aromatic carbocycles. The Morgan fingerprint density at radius 2 is 1.95 bits per heavy atom. The predicted octanol–water partition coefficient (Wildman–Crippen LogP) is 2.68. The minimum absolute atomic E-state index is 0.0501. The van der Waals surface area contributed by atoms with Crippen molar-refractivity contribution >= 4 is 21.4 Å². The van der Waals surface area contributed by atoms with Crippen LogP contribution in [0.1, 0.15) is 32.1 Å². The normalized spacial score (nSPS) is 16.4.